The summed E-state index contributed by atoms with van der Waals surface area (Å²) in [6, 6.07) is 17.3. The molecule has 0 heterocycles. The Hall–Kier alpha value is -2.51. The van der Waals surface area contributed by atoms with E-state index in [1.54, 1.807) is 24.3 Å². The maximum atomic E-state index is 12.5. The Morgan fingerprint density at radius 3 is 2.23 bits per heavy atom. The molecule has 154 valence electrons. The van der Waals surface area contributed by atoms with Crippen LogP contribution in [0.1, 0.15) is 5.56 Å². The fourth-order valence-corrected chi connectivity index (χ4v) is 4.24. The highest BCUT2D eigenvalue weighted by Gasteiger charge is 2.16. The van der Waals surface area contributed by atoms with E-state index in [0.717, 1.165) is 0 Å². The van der Waals surface area contributed by atoms with Crippen molar-refractivity contribution in [3.05, 3.63) is 93.4 Å². The summed E-state index contributed by atoms with van der Waals surface area (Å²) in [5.41, 5.74) is 1.36. The Morgan fingerprint density at radius 1 is 0.867 bits per heavy atom. The standard InChI is InChI=1S/C21H15Cl3N2O3S/c22-15-6-11-20(19(24)13-15)26-30(28,29)17-9-7-16(8-10-17)25-21(27)12-5-14-3-1-2-4-18(14)23/h1-13,26H,(H,25,27)/b12-5+. The van der Waals surface area contributed by atoms with Crippen LogP contribution in [-0.2, 0) is 14.8 Å². The Balaban J connectivity index is 1.68. The summed E-state index contributed by atoms with van der Waals surface area (Å²) < 4.78 is 27.5. The largest absolute Gasteiger partial charge is 0.323 e. The molecular weight excluding hydrogens is 467 g/mol. The number of carbonyl (C=O) groups is 1. The van der Waals surface area contributed by atoms with E-state index in [1.165, 1.54) is 48.5 Å². The van der Waals surface area contributed by atoms with Gasteiger partial charge < -0.3 is 5.32 Å². The van der Waals surface area contributed by atoms with Crippen molar-refractivity contribution in [1.82, 2.24) is 0 Å². The van der Waals surface area contributed by atoms with Gasteiger partial charge in [0.1, 0.15) is 0 Å². The van der Waals surface area contributed by atoms with Gasteiger partial charge in [-0.3, -0.25) is 9.52 Å². The van der Waals surface area contributed by atoms with Gasteiger partial charge in [-0.2, -0.15) is 0 Å². The van der Waals surface area contributed by atoms with Crippen molar-refractivity contribution < 1.29 is 13.2 Å². The van der Waals surface area contributed by atoms with Crippen LogP contribution in [-0.4, -0.2) is 14.3 Å². The quantitative estimate of drug-likeness (QED) is 0.418. The lowest BCUT2D eigenvalue weighted by Crippen LogP contribution is -2.13. The molecule has 0 aliphatic carbocycles. The molecule has 0 aromatic heterocycles. The number of hydrogen-bond acceptors (Lipinski definition) is 3. The molecule has 3 aromatic carbocycles. The number of carbonyl (C=O) groups excluding carboxylic acids is 1. The maximum absolute atomic E-state index is 12.5. The van der Waals surface area contributed by atoms with Crippen molar-refractivity contribution in [3.63, 3.8) is 0 Å². The molecule has 0 aliphatic rings. The van der Waals surface area contributed by atoms with Gasteiger partial charge in [0.15, 0.2) is 0 Å². The lowest BCUT2D eigenvalue weighted by Gasteiger charge is -2.10. The summed E-state index contributed by atoms with van der Waals surface area (Å²) in [4.78, 5) is 12.1. The number of sulfonamides is 1. The number of hydrogen-bond donors (Lipinski definition) is 2. The number of rotatable bonds is 6. The number of anilines is 2. The fraction of sp³-hybridized carbons (Fsp3) is 0. The molecule has 5 nitrogen and oxygen atoms in total. The Bertz CT molecular complexity index is 1210. The van der Waals surface area contributed by atoms with Crippen LogP contribution in [0.4, 0.5) is 11.4 Å². The minimum Gasteiger partial charge on any atom is -0.323 e. The molecule has 0 bridgehead atoms. The zero-order valence-corrected chi connectivity index (χ0v) is 18.4. The van der Waals surface area contributed by atoms with Crippen molar-refractivity contribution in [1.29, 1.82) is 0 Å². The van der Waals surface area contributed by atoms with E-state index in [2.05, 4.69) is 10.0 Å². The third-order valence-electron chi connectivity index (χ3n) is 3.93. The van der Waals surface area contributed by atoms with Gasteiger partial charge in [0.2, 0.25) is 5.91 Å². The van der Waals surface area contributed by atoms with E-state index in [9.17, 15) is 13.2 Å². The molecule has 2 N–H and O–H groups in total. The SMILES string of the molecule is O=C(/C=C/c1ccccc1Cl)Nc1ccc(S(=O)(=O)Nc2ccc(Cl)cc2Cl)cc1. The minimum atomic E-state index is -3.86. The average molecular weight is 482 g/mol. The summed E-state index contributed by atoms with van der Waals surface area (Å²) in [6.07, 6.45) is 2.94. The number of amides is 1. The van der Waals surface area contributed by atoms with E-state index in [4.69, 9.17) is 34.8 Å². The normalized spacial score (nSPS) is 11.4. The molecule has 1 amide bonds. The van der Waals surface area contributed by atoms with E-state index >= 15 is 0 Å². The number of benzene rings is 3. The Kier molecular flexibility index (Phi) is 7.05. The van der Waals surface area contributed by atoms with E-state index < -0.39 is 10.0 Å². The monoisotopic (exact) mass is 480 g/mol. The molecular formula is C21H15Cl3N2O3S. The highest BCUT2D eigenvalue weighted by molar-refractivity contribution is 7.92. The molecule has 30 heavy (non-hydrogen) atoms. The van der Waals surface area contributed by atoms with Crippen molar-refractivity contribution in [2.75, 3.05) is 10.0 Å². The van der Waals surface area contributed by atoms with Crippen LogP contribution in [0.25, 0.3) is 6.08 Å². The van der Waals surface area contributed by atoms with Gasteiger partial charge in [-0.05, 0) is 60.2 Å². The van der Waals surface area contributed by atoms with Crippen molar-refractivity contribution >= 4 is 68.2 Å². The molecule has 0 spiro atoms. The number of halogens is 3. The molecule has 0 atom stereocenters. The molecule has 3 rings (SSSR count). The molecule has 0 radical (unpaired) electrons. The van der Waals surface area contributed by atoms with E-state index in [1.807, 2.05) is 6.07 Å². The van der Waals surface area contributed by atoms with Crippen LogP contribution >= 0.6 is 34.8 Å². The smallest absolute Gasteiger partial charge is 0.261 e. The highest BCUT2D eigenvalue weighted by atomic mass is 35.5. The van der Waals surface area contributed by atoms with Crippen molar-refractivity contribution in [3.8, 4) is 0 Å². The summed E-state index contributed by atoms with van der Waals surface area (Å²) in [5, 5.41) is 3.76. The predicted molar refractivity (Wildman–Crippen MR) is 123 cm³/mol. The summed E-state index contributed by atoms with van der Waals surface area (Å²) in [6.45, 7) is 0. The Labute approximate surface area is 189 Å². The van der Waals surface area contributed by atoms with Crippen molar-refractivity contribution in [2.24, 2.45) is 0 Å². The zero-order chi connectivity index (χ0) is 21.7. The van der Waals surface area contributed by atoms with Gasteiger partial charge in [-0.25, -0.2) is 8.42 Å². The molecule has 0 saturated carbocycles. The summed E-state index contributed by atoms with van der Waals surface area (Å²) in [7, 11) is -3.86. The third-order valence-corrected chi connectivity index (χ3v) is 6.20. The summed E-state index contributed by atoms with van der Waals surface area (Å²) >= 11 is 17.9. The van der Waals surface area contributed by atoms with Crippen LogP contribution in [0.3, 0.4) is 0 Å². The second-order valence-electron chi connectivity index (χ2n) is 6.10. The second kappa shape index (κ2) is 9.53. The zero-order valence-electron chi connectivity index (χ0n) is 15.3. The first-order valence-corrected chi connectivity index (χ1v) is 11.2. The van der Waals surface area contributed by atoms with Crippen LogP contribution in [0.2, 0.25) is 15.1 Å². The minimum absolute atomic E-state index is 0.0122. The van der Waals surface area contributed by atoms with Gasteiger partial charge in [-0.1, -0.05) is 53.0 Å². The van der Waals surface area contributed by atoms with Gasteiger partial charge in [0.25, 0.3) is 10.0 Å². The van der Waals surface area contributed by atoms with Gasteiger partial charge in [0, 0.05) is 21.8 Å². The van der Waals surface area contributed by atoms with E-state index in [0.29, 0.717) is 21.3 Å². The number of nitrogens with one attached hydrogen (secondary N) is 2. The Morgan fingerprint density at radius 2 is 1.57 bits per heavy atom. The lowest BCUT2D eigenvalue weighted by atomic mass is 10.2. The first-order chi connectivity index (χ1) is 14.2. The van der Waals surface area contributed by atoms with Crippen LogP contribution in [0, 0.1) is 0 Å². The van der Waals surface area contributed by atoms with Gasteiger partial charge >= 0.3 is 0 Å². The average Bonchev–Trinajstić information content (AvgIpc) is 2.70. The van der Waals surface area contributed by atoms with Crippen LogP contribution in [0.5, 0.6) is 0 Å². The molecule has 0 unspecified atom stereocenters. The molecule has 0 saturated heterocycles. The fourth-order valence-electron chi connectivity index (χ4n) is 2.45. The van der Waals surface area contributed by atoms with Gasteiger partial charge in [0.05, 0.1) is 15.6 Å². The molecule has 3 aromatic rings. The van der Waals surface area contributed by atoms with Crippen LogP contribution in [0.15, 0.2) is 77.7 Å². The predicted octanol–water partition coefficient (Wildman–Crippen LogP) is 6.10. The van der Waals surface area contributed by atoms with E-state index in [-0.39, 0.29) is 21.5 Å². The highest BCUT2D eigenvalue weighted by Crippen LogP contribution is 2.28. The van der Waals surface area contributed by atoms with Crippen molar-refractivity contribution in [2.45, 2.75) is 4.90 Å². The molecule has 0 fully saturated rings. The second-order valence-corrected chi connectivity index (χ2v) is 9.03. The molecule has 9 heteroatoms. The van der Waals surface area contributed by atoms with Gasteiger partial charge in [-0.15, -0.1) is 0 Å². The van der Waals surface area contributed by atoms with Crippen LogP contribution < -0.4 is 10.0 Å². The molecule has 0 aliphatic heterocycles. The third kappa shape index (κ3) is 5.77. The first kappa shape index (κ1) is 22.2. The first-order valence-electron chi connectivity index (χ1n) is 8.56. The lowest BCUT2D eigenvalue weighted by molar-refractivity contribution is -0.111. The maximum Gasteiger partial charge on any atom is 0.261 e. The summed E-state index contributed by atoms with van der Waals surface area (Å²) in [5.74, 6) is -0.378. The topological polar surface area (TPSA) is 75.3 Å².